The summed E-state index contributed by atoms with van der Waals surface area (Å²) < 4.78 is 27.0. The summed E-state index contributed by atoms with van der Waals surface area (Å²) >= 11 is 0. The number of hydrogen-bond donors (Lipinski definition) is 0. The molecule has 3 aromatic rings. The van der Waals surface area contributed by atoms with Gasteiger partial charge in [0.2, 0.25) is 5.82 Å². The van der Waals surface area contributed by atoms with Crippen LogP contribution in [0.3, 0.4) is 0 Å². The molecule has 22 heavy (non-hydrogen) atoms. The van der Waals surface area contributed by atoms with Crippen molar-refractivity contribution in [1.82, 2.24) is 30.0 Å². The molecule has 114 valence electrons. The molecule has 0 N–H and O–H groups in total. The minimum Gasteiger partial charge on any atom is -0.270 e. The first-order valence-electron chi connectivity index (χ1n) is 6.77. The molecule has 0 saturated carbocycles. The number of tetrazole rings is 1. The van der Waals surface area contributed by atoms with Crippen molar-refractivity contribution in [1.29, 1.82) is 0 Å². The average Bonchev–Trinajstić information content (AvgIpc) is 3.13. The highest BCUT2D eigenvalue weighted by molar-refractivity contribution is 5.55. The molecular weight excluding hydrogens is 290 g/mol. The molecule has 0 aliphatic heterocycles. The summed E-state index contributed by atoms with van der Waals surface area (Å²) in [7, 11) is 0. The summed E-state index contributed by atoms with van der Waals surface area (Å²) in [5.74, 6) is 0.163. The van der Waals surface area contributed by atoms with Gasteiger partial charge in [0.25, 0.3) is 0 Å². The van der Waals surface area contributed by atoms with Crippen LogP contribution in [0.2, 0.25) is 0 Å². The van der Waals surface area contributed by atoms with Crippen LogP contribution < -0.4 is 0 Å². The Morgan fingerprint density at radius 2 is 2.14 bits per heavy atom. The van der Waals surface area contributed by atoms with Crippen LogP contribution in [-0.4, -0.2) is 36.7 Å². The molecule has 0 aliphatic carbocycles. The molecule has 2 heterocycles. The van der Waals surface area contributed by atoms with Crippen LogP contribution in [0.15, 0.2) is 30.6 Å². The second-order valence-corrected chi connectivity index (χ2v) is 4.91. The summed E-state index contributed by atoms with van der Waals surface area (Å²) in [4.78, 5) is 1.42. The van der Waals surface area contributed by atoms with Gasteiger partial charge in [-0.3, -0.25) is 4.68 Å². The van der Waals surface area contributed by atoms with Gasteiger partial charge in [0.05, 0.1) is 19.3 Å². The standard InChI is InChI=1S/C14H14F2N6/c1-10-6-12(2-3-13(10)16)14-18-20-22(19-14)9-11-7-17-21(8-11)5-4-15/h2-3,6-8H,4-5,9H2,1H3. The zero-order valence-electron chi connectivity index (χ0n) is 11.9. The molecular formula is C14H14F2N6. The normalized spacial score (nSPS) is 11.0. The second-order valence-electron chi connectivity index (χ2n) is 4.91. The lowest BCUT2D eigenvalue weighted by atomic mass is 10.1. The van der Waals surface area contributed by atoms with E-state index in [4.69, 9.17) is 0 Å². The third-order valence-corrected chi connectivity index (χ3v) is 3.19. The molecule has 0 saturated heterocycles. The lowest BCUT2D eigenvalue weighted by Crippen LogP contribution is -2.04. The second kappa shape index (κ2) is 6.00. The van der Waals surface area contributed by atoms with E-state index in [1.807, 2.05) is 0 Å². The Hall–Kier alpha value is -2.64. The molecule has 0 amide bonds. The Labute approximate surface area is 125 Å². The summed E-state index contributed by atoms with van der Waals surface area (Å²) in [6.45, 7) is 1.84. The zero-order valence-corrected chi connectivity index (χ0v) is 11.9. The minimum atomic E-state index is -0.462. The Kier molecular flexibility index (Phi) is 3.90. The number of halogens is 2. The third-order valence-electron chi connectivity index (χ3n) is 3.19. The Morgan fingerprint density at radius 1 is 1.27 bits per heavy atom. The van der Waals surface area contributed by atoms with Gasteiger partial charge in [-0.15, -0.1) is 10.2 Å². The van der Waals surface area contributed by atoms with E-state index in [9.17, 15) is 8.78 Å². The SMILES string of the molecule is Cc1cc(-c2nnn(Cc3cnn(CCF)c3)n2)ccc1F. The molecule has 0 radical (unpaired) electrons. The number of aromatic nitrogens is 6. The molecule has 0 unspecified atom stereocenters. The first-order valence-corrected chi connectivity index (χ1v) is 6.77. The van der Waals surface area contributed by atoms with Crippen molar-refractivity contribution < 1.29 is 8.78 Å². The molecule has 0 atom stereocenters. The van der Waals surface area contributed by atoms with Crippen LogP contribution in [0.1, 0.15) is 11.1 Å². The van der Waals surface area contributed by atoms with Gasteiger partial charge in [0.15, 0.2) is 0 Å². The fourth-order valence-corrected chi connectivity index (χ4v) is 2.07. The maximum absolute atomic E-state index is 13.3. The van der Waals surface area contributed by atoms with Crippen LogP contribution >= 0.6 is 0 Å². The summed E-state index contributed by atoms with van der Waals surface area (Å²) in [6, 6.07) is 4.67. The first-order chi connectivity index (χ1) is 10.7. The fourth-order valence-electron chi connectivity index (χ4n) is 2.07. The van der Waals surface area contributed by atoms with Crippen LogP contribution in [0.25, 0.3) is 11.4 Å². The third kappa shape index (κ3) is 3.00. The van der Waals surface area contributed by atoms with Gasteiger partial charge in [-0.2, -0.15) is 9.90 Å². The predicted octanol–water partition coefficient (Wildman–Crippen LogP) is 2.00. The average molecular weight is 304 g/mol. The van der Waals surface area contributed by atoms with Crippen molar-refractivity contribution in [2.75, 3.05) is 6.67 Å². The molecule has 0 bridgehead atoms. The van der Waals surface area contributed by atoms with Crippen LogP contribution in [0.4, 0.5) is 8.78 Å². The largest absolute Gasteiger partial charge is 0.270 e. The van der Waals surface area contributed by atoms with Crippen molar-refractivity contribution in [2.24, 2.45) is 0 Å². The highest BCUT2D eigenvalue weighted by atomic mass is 19.1. The summed E-state index contributed by atoms with van der Waals surface area (Å²) in [5, 5.41) is 16.2. The summed E-state index contributed by atoms with van der Waals surface area (Å²) in [5.41, 5.74) is 2.09. The van der Waals surface area contributed by atoms with Gasteiger partial charge in [0, 0.05) is 17.3 Å². The van der Waals surface area contributed by atoms with Gasteiger partial charge in [-0.1, -0.05) is 0 Å². The van der Waals surface area contributed by atoms with E-state index in [2.05, 4.69) is 20.5 Å². The van der Waals surface area contributed by atoms with E-state index >= 15 is 0 Å². The van der Waals surface area contributed by atoms with E-state index in [1.54, 1.807) is 31.5 Å². The van der Waals surface area contributed by atoms with Crippen LogP contribution in [0.5, 0.6) is 0 Å². The number of nitrogens with zero attached hydrogens (tertiary/aromatic N) is 6. The van der Waals surface area contributed by atoms with Gasteiger partial charge >= 0.3 is 0 Å². The lowest BCUT2D eigenvalue weighted by molar-refractivity contribution is 0.427. The number of hydrogen-bond acceptors (Lipinski definition) is 4. The first kappa shape index (κ1) is 14.3. The van der Waals surface area contributed by atoms with E-state index in [1.165, 1.54) is 15.5 Å². The van der Waals surface area contributed by atoms with Crippen molar-refractivity contribution in [3.05, 3.63) is 47.5 Å². The minimum absolute atomic E-state index is 0.227. The van der Waals surface area contributed by atoms with E-state index < -0.39 is 6.67 Å². The Morgan fingerprint density at radius 3 is 2.91 bits per heavy atom. The predicted molar refractivity (Wildman–Crippen MR) is 75.3 cm³/mol. The van der Waals surface area contributed by atoms with Crippen molar-refractivity contribution in [3.8, 4) is 11.4 Å². The van der Waals surface area contributed by atoms with Gasteiger partial charge < -0.3 is 0 Å². The van der Waals surface area contributed by atoms with Crippen LogP contribution in [0, 0.1) is 12.7 Å². The maximum atomic E-state index is 13.3. The fraction of sp³-hybridized carbons (Fsp3) is 0.286. The molecule has 1 aromatic carbocycles. The molecule has 6 nitrogen and oxygen atoms in total. The maximum Gasteiger partial charge on any atom is 0.204 e. The van der Waals surface area contributed by atoms with Gasteiger partial charge in [-0.25, -0.2) is 8.78 Å². The monoisotopic (exact) mass is 304 g/mol. The number of alkyl halides is 1. The Balaban J connectivity index is 1.76. The van der Waals surface area contributed by atoms with Gasteiger partial charge in [0.1, 0.15) is 12.5 Å². The van der Waals surface area contributed by atoms with Crippen molar-refractivity contribution >= 4 is 0 Å². The number of benzene rings is 1. The summed E-state index contributed by atoms with van der Waals surface area (Å²) in [6.07, 6.45) is 3.38. The number of rotatable bonds is 5. The smallest absolute Gasteiger partial charge is 0.204 e. The molecule has 0 aliphatic rings. The Bertz CT molecular complexity index is 779. The van der Waals surface area contributed by atoms with E-state index in [-0.39, 0.29) is 12.4 Å². The highest BCUT2D eigenvalue weighted by Crippen LogP contribution is 2.17. The molecule has 8 heteroatoms. The van der Waals surface area contributed by atoms with Crippen molar-refractivity contribution in [2.45, 2.75) is 20.0 Å². The molecule has 0 fully saturated rings. The zero-order chi connectivity index (χ0) is 15.5. The quantitative estimate of drug-likeness (QED) is 0.723. The lowest BCUT2D eigenvalue weighted by Gasteiger charge is -1.98. The van der Waals surface area contributed by atoms with Crippen LogP contribution in [-0.2, 0) is 13.1 Å². The van der Waals surface area contributed by atoms with E-state index in [0.717, 1.165) is 5.56 Å². The molecule has 2 aromatic heterocycles. The van der Waals surface area contributed by atoms with Gasteiger partial charge in [-0.05, 0) is 35.9 Å². The van der Waals surface area contributed by atoms with E-state index in [0.29, 0.717) is 23.5 Å². The number of aryl methyl sites for hydroxylation is 2. The highest BCUT2D eigenvalue weighted by Gasteiger charge is 2.09. The van der Waals surface area contributed by atoms with Crippen molar-refractivity contribution in [3.63, 3.8) is 0 Å². The molecule has 0 spiro atoms. The molecule has 3 rings (SSSR count). The topological polar surface area (TPSA) is 61.4 Å².